The summed E-state index contributed by atoms with van der Waals surface area (Å²) >= 11 is 0. The zero-order valence-electron chi connectivity index (χ0n) is 13.5. The van der Waals surface area contributed by atoms with E-state index in [1.165, 1.54) is 24.1 Å². The first-order chi connectivity index (χ1) is 10.2. The molecule has 1 atom stereocenters. The molecule has 1 saturated heterocycles. The Bertz CT molecular complexity index is 502. The fraction of sp³-hybridized carbons (Fsp3) is 0.750. The van der Waals surface area contributed by atoms with Gasteiger partial charge in [0.25, 0.3) is 0 Å². The Morgan fingerprint density at radius 2 is 2.00 bits per heavy atom. The van der Waals surface area contributed by atoms with Crippen LogP contribution in [-0.2, 0) is 12.8 Å². The van der Waals surface area contributed by atoms with E-state index >= 15 is 0 Å². The van der Waals surface area contributed by atoms with Crippen molar-refractivity contribution in [1.82, 2.24) is 19.8 Å². The highest BCUT2D eigenvalue weighted by molar-refractivity contribution is 5.49. The van der Waals surface area contributed by atoms with Crippen molar-refractivity contribution in [2.45, 2.75) is 38.6 Å². The van der Waals surface area contributed by atoms with Crippen molar-refractivity contribution >= 4 is 5.82 Å². The molecule has 21 heavy (non-hydrogen) atoms. The van der Waals surface area contributed by atoms with Crippen molar-refractivity contribution in [2.75, 3.05) is 45.6 Å². The van der Waals surface area contributed by atoms with Gasteiger partial charge < -0.3 is 10.2 Å². The molecule has 5 nitrogen and oxygen atoms in total. The largest absolute Gasteiger partial charge is 0.370 e. The highest BCUT2D eigenvalue weighted by Crippen LogP contribution is 2.29. The molecular weight excluding hydrogens is 262 g/mol. The normalized spacial score (nSPS) is 23.9. The van der Waals surface area contributed by atoms with Crippen molar-refractivity contribution in [2.24, 2.45) is 0 Å². The smallest absolute Gasteiger partial charge is 0.149 e. The van der Waals surface area contributed by atoms with Crippen LogP contribution in [0, 0.1) is 0 Å². The minimum absolute atomic E-state index is 0.306. The molecule has 0 bridgehead atoms. The third-order valence-corrected chi connectivity index (χ3v) is 4.66. The zero-order chi connectivity index (χ0) is 14.8. The molecule has 1 aliphatic heterocycles. The van der Waals surface area contributed by atoms with Crippen LogP contribution in [0.5, 0.6) is 0 Å². The van der Waals surface area contributed by atoms with Crippen LogP contribution in [0.1, 0.15) is 42.9 Å². The van der Waals surface area contributed by atoms with Gasteiger partial charge in [-0.25, -0.2) is 9.97 Å². The highest BCUT2D eigenvalue weighted by atomic mass is 15.2. The molecule has 1 N–H and O–H groups in total. The van der Waals surface area contributed by atoms with E-state index in [2.05, 4.69) is 36.1 Å². The number of fused-ring (bicyclic) bond motifs is 1. The van der Waals surface area contributed by atoms with Gasteiger partial charge in [0.05, 0.1) is 6.04 Å². The van der Waals surface area contributed by atoms with E-state index in [-0.39, 0.29) is 0 Å². The predicted octanol–water partition coefficient (Wildman–Crippen LogP) is 1.71. The van der Waals surface area contributed by atoms with Crippen LogP contribution in [0.15, 0.2) is 0 Å². The first-order valence-electron chi connectivity index (χ1n) is 8.21. The molecule has 0 saturated carbocycles. The van der Waals surface area contributed by atoms with Crippen LogP contribution >= 0.6 is 0 Å². The summed E-state index contributed by atoms with van der Waals surface area (Å²) in [5.74, 6) is 2.08. The summed E-state index contributed by atoms with van der Waals surface area (Å²) in [5, 5.41) is 3.45. The molecule has 1 aromatic rings. The van der Waals surface area contributed by atoms with E-state index in [0.717, 1.165) is 50.7 Å². The number of nitrogens with zero attached hydrogens (tertiary/aromatic N) is 4. The second kappa shape index (κ2) is 6.28. The molecule has 5 heteroatoms. The van der Waals surface area contributed by atoms with Crippen molar-refractivity contribution in [1.29, 1.82) is 0 Å². The molecule has 1 aliphatic carbocycles. The number of rotatable bonds is 3. The molecular formula is C16H27N5. The minimum Gasteiger partial charge on any atom is -0.370 e. The molecule has 1 unspecified atom stereocenters. The number of nitrogens with one attached hydrogen (secondary N) is 1. The Kier molecular flexibility index (Phi) is 4.40. The lowest BCUT2D eigenvalue weighted by atomic mass is 10.2. The minimum atomic E-state index is 0.306. The lowest BCUT2D eigenvalue weighted by Crippen LogP contribution is -2.32. The maximum Gasteiger partial charge on any atom is 0.149 e. The van der Waals surface area contributed by atoms with Crippen LogP contribution in [0.4, 0.5) is 5.82 Å². The maximum absolute atomic E-state index is 4.93. The molecule has 1 fully saturated rings. The summed E-state index contributed by atoms with van der Waals surface area (Å²) in [5.41, 5.74) is 2.63. The Morgan fingerprint density at radius 1 is 1.14 bits per heavy atom. The van der Waals surface area contributed by atoms with Gasteiger partial charge in [-0.05, 0) is 59.8 Å². The van der Waals surface area contributed by atoms with Gasteiger partial charge in [0.1, 0.15) is 11.6 Å². The Hall–Kier alpha value is -1.20. The second-order valence-corrected chi connectivity index (χ2v) is 6.35. The summed E-state index contributed by atoms with van der Waals surface area (Å²) < 4.78 is 0. The number of hydrogen-bond acceptors (Lipinski definition) is 5. The van der Waals surface area contributed by atoms with E-state index < -0.39 is 0 Å². The van der Waals surface area contributed by atoms with Crippen LogP contribution in [0.3, 0.4) is 0 Å². The van der Waals surface area contributed by atoms with Crippen molar-refractivity contribution in [3.05, 3.63) is 17.1 Å². The molecule has 116 valence electrons. The number of likely N-dealkylation sites (N-methyl/N-ethyl adjacent to an activating group) is 2. The average molecular weight is 289 g/mol. The average Bonchev–Trinajstić information content (AvgIpc) is 2.86. The molecule has 2 heterocycles. The fourth-order valence-electron chi connectivity index (χ4n) is 3.46. The number of aryl methyl sites for hydroxylation is 1. The summed E-state index contributed by atoms with van der Waals surface area (Å²) in [6, 6.07) is 0.306. The van der Waals surface area contributed by atoms with E-state index in [1.54, 1.807) is 0 Å². The molecule has 0 aromatic carbocycles. The Balaban J connectivity index is 1.95. The maximum atomic E-state index is 4.93. The lowest BCUT2D eigenvalue weighted by molar-refractivity contribution is 0.219. The fourth-order valence-corrected chi connectivity index (χ4v) is 3.46. The van der Waals surface area contributed by atoms with Gasteiger partial charge in [0.15, 0.2) is 0 Å². The van der Waals surface area contributed by atoms with Gasteiger partial charge in [-0.1, -0.05) is 0 Å². The summed E-state index contributed by atoms with van der Waals surface area (Å²) in [6.07, 6.45) is 4.66. The lowest BCUT2D eigenvalue weighted by Gasteiger charge is -2.27. The molecule has 0 spiro atoms. The molecule has 3 rings (SSSR count). The van der Waals surface area contributed by atoms with E-state index in [9.17, 15) is 0 Å². The number of anilines is 1. The number of aromatic nitrogens is 2. The zero-order valence-corrected chi connectivity index (χ0v) is 13.5. The van der Waals surface area contributed by atoms with Crippen LogP contribution in [0.25, 0.3) is 0 Å². The van der Waals surface area contributed by atoms with Gasteiger partial charge in [0.2, 0.25) is 0 Å². The predicted molar refractivity (Wildman–Crippen MR) is 85.7 cm³/mol. The van der Waals surface area contributed by atoms with Crippen molar-refractivity contribution < 1.29 is 0 Å². The molecule has 0 radical (unpaired) electrons. The summed E-state index contributed by atoms with van der Waals surface area (Å²) in [4.78, 5) is 14.6. The van der Waals surface area contributed by atoms with E-state index in [4.69, 9.17) is 9.97 Å². The third kappa shape index (κ3) is 3.04. The van der Waals surface area contributed by atoms with Crippen molar-refractivity contribution in [3.63, 3.8) is 0 Å². The summed E-state index contributed by atoms with van der Waals surface area (Å²) in [7, 11) is 4.40. The van der Waals surface area contributed by atoms with Crippen LogP contribution in [0.2, 0.25) is 0 Å². The van der Waals surface area contributed by atoms with Gasteiger partial charge in [-0.3, -0.25) is 4.90 Å². The molecule has 0 amide bonds. The van der Waals surface area contributed by atoms with Crippen LogP contribution in [-0.4, -0.2) is 60.0 Å². The summed E-state index contributed by atoms with van der Waals surface area (Å²) in [6.45, 7) is 6.34. The van der Waals surface area contributed by atoms with Crippen molar-refractivity contribution in [3.8, 4) is 0 Å². The quantitative estimate of drug-likeness (QED) is 0.917. The molecule has 1 aromatic heterocycles. The van der Waals surface area contributed by atoms with Gasteiger partial charge in [0, 0.05) is 24.3 Å². The van der Waals surface area contributed by atoms with Gasteiger partial charge >= 0.3 is 0 Å². The second-order valence-electron chi connectivity index (χ2n) is 6.35. The number of hydrogen-bond donors (Lipinski definition) is 1. The Labute approximate surface area is 127 Å². The standard InChI is InChI=1S/C16H27N5/c1-4-17-15-12-7-5-8-13(12)18-16(19-15)14-11-20(2)9-6-10-21(14)3/h14H,4-11H2,1-3H3,(H,17,18,19). The Morgan fingerprint density at radius 3 is 2.81 bits per heavy atom. The van der Waals surface area contributed by atoms with E-state index in [1.807, 2.05) is 0 Å². The third-order valence-electron chi connectivity index (χ3n) is 4.66. The first kappa shape index (κ1) is 14.7. The first-order valence-corrected chi connectivity index (χ1v) is 8.21. The van der Waals surface area contributed by atoms with Crippen LogP contribution < -0.4 is 5.32 Å². The van der Waals surface area contributed by atoms with E-state index in [0.29, 0.717) is 6.04 Å². The topological polar surface area (TPSA) is 44.3 Å². The SMILES string of the molecule is CCNc1nc(C2CN(C)CCCN2C)nc2c1CCC2. The van der Waals surface area contributed by atoms with Gasteiger partial charge in [-0.2, -0.15) is 0 Å². The highest BCUT2D eigenvalue weighted by Gasteiger charge is 2.27. The monoisotopic (exact) mass is 289 g/mol. The van der Waals surface area contributed by atoms with Gasteiger partial charge in [-0.15, -0.1) is 0 Å². The molecule has 2 aliphatic rings.